The Balaban J connectivity index is 0. The monoisotopic (exact) mass is 303 g/mol. The second-order valence-electron chi connectivity index (χ2n) is 4.73. The van der Waals surface area contributed by atoms with Gasteiger partial charge in [0.15, 0.2) is 0 Å². The van der Waals surface area contributed by atoms with Crippen LogP contribution in [0.15, 0.2) is 59.8 Å². The minimum atomic E-state index is 0. The largest absolute Gasteiger partial charge is 0.378 e. The van der Waals surface area contributed by atoms with E-state index in [-0.39, 0.29) is 14.9 Å². The lowest BCUT2D eigenvalue weighted by Crippen LogP contribution is -2.07. The van der Waals surface area contributed by atoms with E-state index < -0.39 is 0 Å². The van der Waals surface area contributed by atoms with E-state index in [0.29, 0.717) is 5.69 Å². The van der Waals surface area contributed by atoms with Crippen molar-refractivity contribution in [1.82, 2.24) is 0 Å². The van der Waals surface area contributed by atoms with Crippen molar-refractivity contribution < 1.29 is 0 Å². The quantitative estimate of drug-likeness (QED) is 0.733. The molecule has 0 bridgehead atoms. The Bertz CT molecular complexity index is 508. The summed E-state index contributed by atoms with van der Waals surface area (Å²) in [5, 5.41) is 2.80. The molecule has 4 heteroatoms. The van der Waals surface area contributed by atoms with Crippen LogP contribution >= 0.6 is 0 Å². The first-order chi connectivity index (χ1) is 9.54. The number of para-hydroxylation sites is 1. The molecule has 0 heterocycles. The van der Waals surface area contributed by atoms with E-state index in [1.165, 1.54) is 5.69 Å². The first-order valence-corrected chi connectivity index (χ1v) is 6.37. The van der Waals surface area contributed by atoms with E-state index in [2.05, 4.69) is 22.2 Å². The van der Waals surface area contributed by atoms with Crippen molar-refractivity contribution in [3.63, 3.8) is 0 Å². The van der Waals surface area contributed by atoms with Crippen LogP contribution in [0.5, 0.6) is 0 Å². The van der Waals surface area contributed by atoms with Crippen LogP contribution in [0.25, 0.3) is 0 Å². The highest BCUT2D eigenvalue weighted by Gasteiger charge is 1.94. The fraction of sp³-hybridized carbons (Fsp3) is 0.333. The molecule has 22 heavy (non-hydrogen) atoms. The number of hydrogen-bond donors (Lipinski definition) is 0. The average molecular weight is 303 g/mol. The van der Waals surface area contributed by atoms with Crippen LogP contribution in [0.2, 0.25) is 0 Å². The molecule has 0 N–H and O–H groups in total. The molecule has 0 aliphatic rings. The summed E-state index contributed by atoms with van der Waals surface area (Å²) in [6, 6.07) is 17.4. The normalized spacial score (nSPS) is 8.36. The molecule has 0 aliphatic carbocycles. The van der Waals surface area contributed by atoms with Gasteiger partial charge in [-0.15, -0.1) is 4.91 Å². The summed E-state index contributed by atoms with van der Waals surface area (Å²) in [6.07, 6.45) is 0. The lowest BCUT2D eigenvalue weighted by Gasteiger charge is -2.10. The maximum Gasteiger partial charge on any atom is 0.108 e. The van der Waals surface area contributed by atoms with Gasteiger partial charge in [0, 0.05) is 39.6 Å². The SMILES string of the molecule is C.C.CN(C)c1ccc(N=O)cc1.CN(C)c1ccccc1. The molecular formula is C18H29N3O. The van der Waals surface area contributed by atoms with Crippen molar-refractivity contribution in [2.24, 2.45) is 5.18 Å². The van der Waals surface area contributed by atoms with Gasteiger partial charge in [0.2, 0.25) is 0 Å². The summed E-state index contributed by atoms with van der Waals surface area (Å²) in [6.45, 7) is 0. The van der Waals surface area contributed by atoms with Gasteiger partial charge in [0.05, 0.1) is 0 Å². The van der Waals surface area contributed by atoms with Gasteiger partial charge in [-0.3, -0.25) is 0 Å². The van der Waals surface area contributed by atoms with Gasteiger partial charge in [-0.25, -0.2) is 0 Å². The fourth-order valence-electron chi connectivity index (χ4n) is 1.54. The van der Waals surface area contributed by atoms with Gasteiger partial charge >= 0.3 is 0 Å². The van der Waals surface area contributed by atoms with E-state index in [0.717, 1.165) is 5.69 Å². The highest BCUT2D eigenvalue weighted by molar-refractivity contribution is 5.51. The summed E-state index contributed by atoms with van der Waals surface area (Å²) < 4.78 is 0. The summed E-state index contributed by atoms with van der Waals surface area (Å²) >= 11 is 0. The van der Waals surface area contributed by atoms with Gasteiger partial charge < -0.3 is 9.80 Å². The third-order valence-corrected chi connectivity index (χ3v) is 2.74. The van der Waals surface area contributed by atoms with E-state index in [9.17, 15) is 4.91 Å². The molecule has 0 amide bonds. The molecule has 0 aromatic heterocycles. The summed E-state index contributed by atoms with van der Waals surface area (Å²) in [4.78, 5) is 14.1. The average Bonchev–Trinajstić information content (AvgIpc) is 2.49. The number of nitroso groups, excluding NO2 is 1. The maximum atomic E-state index is 10.0. The summed E-state index contributed by atoms with van der Waals surface area (Å²) in [5.74, 6) is 0. The van der Waals surface area contributed by atoms with Crippen molar-refractivity contribution in [2.75, 3.05) is 38.0 Å². The number of anilines is 2. The molecule has 0 spiro atoms. The van der Waals surface area contributed by atoms with Gasteiger partial charge in [-0.2, -0.15) is 0 Å². The van der Waals surface area contributed by atoms with Gasteiger partial charge in [-0.05, 0) is 41.6 Å². The van der Waals surface area contributed by atoms with E-state index >= 15 is 0 Å². The lowest BCUT2D eigenvalue weighted by molar-refractivity contribution is 1.13. The zero-order chi connectivity index (χ0) is 15.0. The second kappa shape index (κ2) is 11.3. The first-order valence-electron chi connectivity index (χ1n) is 6.37. The predicted octanol–water partition coefficient (Wildman–Crippen LogP) is 5.18. The highest BCUT2D eigenvalue weighted by atomic mass is 16.3. The topological polar surface area (TPSA) is 35.9 Å². The first kappa shape index (κ1) is 21.9. The highest BCUT2D eigenvalue weighted by Crippen LogP contribution is 2.17. The smallest absolute Gasteiger partial charge is 0.108 e. The molecule has 2 aromatic rings. The molecule has 0 fully saturated rings. The Labute approximate surface area is 135 Å². The zero-order valence-electron chi connectivity index (χ0n) is 12.4. The Hall–Kier alpha value is -2.36. The minimum Gasteiger partial charge on any atom is -0.378 e. The van der Waals surface area contributed by atoms with Crippen LogP contribution in [0.1, 0.15) is 14.9 Å². The Morgan fingerprint density at radius 2 is 1.09 bits per heavy atom. The van der Waals surface area contributed by atoms with Crippen LogP contribution in [-0.2, 0) is 0 Å². The van der Waals surface area contributed by atoms with Crippen molar-refractivity contribution in [3.8, 4) is 0 Å². The minimum absolute atomic E-state index is 0. The van der Waals surface area contributed by atoms with Crippen molar-refractivity contribution in [3.05, 3.63) is 59.5 Å². The van der Waals surface area contributed by atoms with Crippen LogP contribution in [-0.4, -0.2) is 28.2 Å². The molecule has 0 aliphatic heterocycles. The number of hydrogen-bond acceptors (Lipinski definition) is 4. The summed E-state index contributed by atoms with van der Waals surface area (Å²) in [5.41, 5.74) is 2.78. The Morgan fingerprint density at radius 3 is 1.41 bits per heavy atom. The molecule has 122 valence electrons. The van der Waals surface area contributed by atoms with Crippen molar-refractivity contribution in [1.29, 1.82) is 0 Å². The molecule has 4 nitrogen and oxygen atoms in total. The van der Waals surface area contributed by atoms with E-state index in [1.807, 2.05) is 63.4 Å². The molecule has 0 unspecified atom stereocenters. The summed E-state index contributed by atoms with van der Waals surface area (Å²) in [7, 11) is 7.97. The van der Waals surface area contributed by atoms with Gasteiger partial charge in [0.1, 0.15) is 5.69 Å². The van der Waals surface area contributed by atoms with Crippen molar-refractivity contribution >= 4 is 17.1 Å². The molecule has 2 aromatic carbocycles. The third kappa shape index (κ3) is 7.43. The van der Waals surface area contributed by atoms with Crippen molar-refractivity contribution in [2.45, 2.75) is 14.9 Å². The number of nitrogens with zero attached hydrogens (tertiary/aromatic N) is 3. The van der Waals surface area contributed by atoms with Crippen LogP contribution in [0, 0.1) is 4.91 Å². The fourth-order valence-corrected chi connectivity index (χ4v) is 1.54. The number of benzene rings is 2. The molecule has 0 saturated heterocycles. The number of rotatable bonds is 3. The van der Waals surface area contributed by atoms with Gasteiger partial charge in [0.25, 0.3) is 0 Å². The molecule has 0 saturated carbocycles. The zero-order valence-corrected chi connectivity index (χ0v) is 12.4. The van der Waals surface area contributed by atoms with Gasteiger partial charge in [-0.1, -0.05) is 33.1 Å². The molecule has 0 atom stereocenters. The van der Waals surface area contributed by atoms with E-state index in [4.69, 9.17) is 0 Å². The standard InChI is InChI=1S/C8H10N2O.C8H11N.2CH4/c1-10(2)8-5-3-7(9-11)4-6-8;1-9(2)8-6-4-3-5-7-8;;/h3-6H,1-2H3;3-7H,1-2H3;2*1H4. The molecule has 2 rings (SSSR count). The van der Waals surface area contributed by atoms with E-state index in [1.54, 1.807) is 12.1 Å². The molecule has 0 radical (unpaired) electrons. The predicted molar refractivity (Wildman–Crippen MR) is 100 cm³/mol. The molecular weight excluding hydrogens is 274 g/mol. The Kier molecular flexibility index (Phi) is 11.3. The lowest BCUT2D eigenvalue weighted by atomic mass is 10.3. The Morgan fingerprint density at radius 1 is 0.682 bits per heavy atom. The third-order valence-electron chi connectivity index (χ3n) is 2.74. The van der Waals surface area contributed by atoms with Crippen LogP contribution < -0.4 is 9.80 Å². The van der Waals surface area contributed by atoms with Crippen LogP contribution in [0.4, 0.5) is 17.1 Å². The maximum absolute atomic E-state index is 10.0. The second-order valence-corrected chi connectivity index (χ2v) is 4.73. The van der Waals surface area contributed by atoms with Crippen LogP contribution in [0.3, 0.4) is 0 Å².